The number of halogens is 1. The number of aryl methyl sites for hydroxylation is 1. The van der Waals surface area contributed by atoms with Crippen LogP contribution in [0.3, 0.4) is 0 Å². The molecule has 1 amide bonds. The van der Waals surface area contributed by atoms with Crippen molar-refractivity contribution in [3.05, 3.63) is 107 Å². The van der Waals surface area contributed by atoms with E-state index in [0.29, 0.717) is 16.3 Å². The maximum atomic E-state index is 12.7. The molecule has 4 aromatic rings. The fourth-order valence-electron chi connectivity index (χ4n) is 4.72. The standard InChI is InChI=1S/C30H30ClN5O3S/c1-21-19-27(12-13-28(21)32)40(38,39)34-30(37)23-6-10-26(11-7-23)36-17-15-35(16-18-36)20-24-3-2-14-33-29(24)22-4-8-25(31)9-5-22/h2-14,19H,15-18,20,32H2,1H3,(H,34,37). The minimum Gasteiger partial charge on any atom is -0.399 e. The van der Waals surface area contributed by atoms with Gasteiger partial charge < -0.3 is 10.6 Å². The number of nitrogens with one attached hydrogen (secondary N) is 1. The lowest BCUT2D eigenvalue weighted by atomic mass is 10.1. The second kappa shape index (κ2) is 11.7. The first-order valence-corrected chi connectivity index (χ1v) is 14.8. The van der Waals surface area contributed by atoms with Crippen molar-refractivity contribution >= 4 is 38.9 Å². The van der Waals surface area contributed by atoms with Crippen molar-refractivity contribution in [2.45, 2.75) is 18.4 Å². The van der Waals surface area contributed by atoms with Crippen LogP contribution in [0.15, 0.2) is 90.0 Å². The predicted octanol–water partition coefficient (Wildman–Crippen LogP) is 4.73. The number of nitrogen functional groups attached to an aromatic ring is 1. The van der Waals surface area contributed by atoms with Gasteiger partial charge in [0.2, 0.25) is 0 Å². The quantitative estimate of drug-likeness (QED) is 0.307. The number of aromatic nitrogens is 1. The molecule has 1 aliphatic rings. The van der Waals surface area contributed by atoms with E-state index in [-0.39, 0.29) is 10.5 Å². The van der Waals surface area contributed by atoms with Crippen LogP contribution in [0.2, 0.25) is 5.02 Å². The van der Waals surface area contributed by atoms with Crippen LogP contribution in [-0.2, 0) is 16.6 Å². The van der Waals surface area contributed by atoms with Gasteiger partial charge in [-0.3, -0.25) is 14.7 Å². The van der Waals surface area contributed by atoms with Gasteiger partial charge in [-0.2, -0.15) is 0 Å². The van der Waals surface area contributed by atoms with Crippen molar-refractivity contribution in [3.8, 4) is 11.3 Å². The van der Waals surface area contributed by atoms with E-state index in [9.17, 15) is 13.2 Å². The summed E-state index contributed by atoms with van der Waals surface area (Å²) in [4.78, 5) is 22.0. The summed E-state index contributed by atoms with van der Waals surface area (Å²) < 4.78 is 27.5. The molecular formula is C30H30ClN5O3S. The second-order valence-electron chi connectivity index (χ2n) is 9.78. The number of rotatable bonds is 7. The van der Waals surface area contributed by atoms with Gasteiger partial charge in [0.25, 0.3) is 15.9 Å². The SMILES string of the molecule is Cc1cc(S(=O)(=O)NC(=O)c2ccc(N3CCN(Cc4cccnc4-c4ccc(Cl)cc4)CC3)cc2)ccc1N. The summed E-state index contributed by atoms with van der Waals surface area (Å²) in [6.45, 7) is 5.90. The number of benzene rings is 3. The molecule has 40 heavy (non-hydrogen) atoms. The van der Waals surface area contributed by atoms with Crippen LogP contribution in [0.4, 0.5) is 11.4 Å². The third-order valence-corrected chi connectivity index (χ3v) is 8.63. The van der Waals surface area contributed by atoms with Gasteiger partial charge in [-0.25, -0.2) is 13.1 Å². The molecule has 3 N–H and O–H groups in total. The second-order valence-corrected chi connectivity index (χ2v) is 11.9. The first-order chi connectivity index (χ1) is 19.2. The highest BCUT2D eigenvalue weighted by Crippen LogP contribution is 2.25. The highest BCUT2D eigenvalue weighted by Gasteiger charge is 2.21. The Balaban J connectivity index is 1.19. The Labute approximate surface area is 239 Å². The summed E-state index contributed by atoms with van der Waals surface area (Å²) in [6.07, 6.45) is 1.81. The van der Waals surface area contributed by atoms with Crippen LogP contribution in [0.1, 0.15) is 21.5 Å². The number of amides is 1. The van der Waals surface area contributed by atoms with E-state index in [2.05, 4.69) is 25.6 Å². The largest absolute Gasteiger partial charge is 0.399 e. The van der Waals surface area contributed by atoms with Crippen molar-refractivity contribution in [2.75, 3.05) is 36.8 Å². The molecule has 5 rings (SSSR count). The third-order valence-electron chi connectivity index (χ3n) is 7.05. The molecule has 1 saturated heterocycles. The Morgan fingerprint density at radius 3 is 2.35 bits per heavy atom. The zero-order valence-corrected chi connectivity index (χ0v) is 23.6. The number of carbonyl (C=O) groups is 1. The minimum atomic E-state index is -4.01. The zero-order chi connectivity index (χ0) is 28.3. The Kier molecular flexibility index (Phi) is 8.07. The zero-order valence-electron chi connectivity index (χ0n) is 22.0. The number of sulfonamides is 1. The summed E-state index contributed by atoms with van der Waals surface area (Å²) in [5.74, 6) is -0.682. The lowest BCUT2D eigenvalue weighted by Crippen LogP contribution is -2.46. The maximum absolute atomic E-state index is 12.7. The van der Waals surface area contributed by atoms with E-state index in [1.807, 2.05) is 48.7 Å². The number of carbonyl (C=O) groups excluding carboxylic acids is 1. The van der Waals surface area contributed by atoms with Crippen molar-refractivity contribution in [2.24, 2.45) is 0 Å². The molecule has 8 nitrogen and oxygen atoms in total. The molecule has 0 aliphatic carbocycles. The summed E-state index contributed by atoms with van der Waals surface area (Å²) in [5.41, 5.74) is 11.3. The van der Waals surface area contributed by atoms with E-state index < -0.39 is 15.9 Å². The van der Waals surface area contributed by atoms with Gasteiger partial charge in [0.15, 0.2) is 0 Å². The van der Waals surface area contributed by atoms with Crippen molar-refractivity contribution < 1.29 is 13.2 Å². The Morgan fingerprint density at radius 1 is 0.975 bits per heavy atom. The topological polar surface area (TPSA) is 109 Å². The number of anilines is 2. The van der Waals surface area contributed by atoms with Gasteiger partial charge in [-0.05, 0) is 78.7 Å². The van der Waals surface area contributed by atoms with Crippen LogP contribution in [0.5, 0.6) is 0 Å². The lowest BCUT2D eigenvalue weighted by Gasteiger charge is -2.36. The fraction of sp³-hybridized carbons (Fsp3) is 0.200. The molecule has 0 unspecified atom stereocenters. The monoisotopic (exact) mass is 575 g/mol. The maximum Gasteiger partial charge on any atom is 0.264 e. The fourth-order valence-corrected chi connectivity index (χ4v) is 5.90. The highest BCUT2D eigenvalue weighted by atomic mass is 35.5. The van der Waals surface area contributed by atoms with Gasteiger partial charge >= 0.3 is 0 Å². The normalized spacial score (nSPS) is 14.2. The number of pyridine rings is 1. The first kappa shape index (κ1) is 27.6. The molecule has 10 heteroatoms. The molecule has 0 atom stereocenters. The number of nitrogens with two attached hydrogens (primary N) is 1. The minimum absolute atomic E-state index is 0.00592. The van der Waals surface area contributed by atoms with Crippen LogP contribution in [0, 0.1) is 6.92 Å². The summed E-state index contributed by atoms with van der Waals surface area (Å²) in [5, 5.41) is 0.698. The summed E-state index contributed by atoms with van der Waals surface area (Å²) in [7, 11) is -4.01. The number of piperazine rings is 1. The van der Waals surface area contributed by atoms with Crippen LogP contribution >= 0.6 is 11.6 Å². The molecule has 1 aliphatic heterocycles. The number of hydrogen-bond acceptors (Lipinski definition) is 7. The van der Waals surface area contributed by atoms with Gasteiger partial charge in [0.1, 0.15) is 0 Å². The van der Waals surface area contributed by atoms with Crippen molar-refractivity contribution in [3.63, 3.8) is 0 Å². The Hall–Kier alpha value is -3.92. The lowest BCUT2D eigenvalue weighted by molar-refractivity contribution is 0.0981. The van der Waals surface area contributed by atoms with Gasteiger partial charge in [0, 0.05) is 66.4 Å². The average molecular weight is 576 g/mol. The Morgan fingerprint density at radius 2 is 1.68 bits per heavy atom. The van der Waals surface area contributed by atoms with Crippen molar-refractivity contribution in [1.82, 2.24) is 14.6 Å². The molecule has 0 radical (unpaired) electrons. The van der Waals surface area contributed by atoms with E-state index in [1.165, 1.54) is 18.2 Å². The van der Waals surface area contributed by atoms with E-state index >= 15 is 0 Å². The van der Waals surface area contributed by atoms with E-state index in [0.717, 1.165) is 55.2 Å². The molecule has 206 valence electrons. The van der Waals surface area contributed by atoms with Crippen LogP contribution < -0.4 is 15.4 Å². The molecule has 1 aromatic heterocycles. The predicted molar refractivity (Wildman–Crippen MR) is 159 cm³/mol. The molecule has 0 bridgehead atoms. The number of hydrogen-bond donors (Lipinski definition) is 2. The van der Waals surface area contributed by atoms with Crippen LogP contribution in [0.25, 0.3) is 11.3 Å². The molecular weight excluding hydrogens is 546 g/mol. The Bertz CT molecular complexity index is 1620. The summed E-state index contributed by atoms with van der Waals surface area (Å²) in [6, 6.07) is 23.1. The van der Waals surface area contributed by atoms with Gasteiger partial charge in [0.05, 0.1) is 10.6 Å². The average Bonchev–Trinajstić information content (AvgIpc) is 2.95. The van der Waals surface area contributed by atoms with E-state index in [4.69, 9.17) is 17.3 Å². The summed E-state index contributed by atoms with van der Waals surface area (Å²) >= 11 is 6.06. The molecule has 0 saturated carbocycles. The highest BCUT2D eigenvalue weighted by molar-refractivity contribution is 7.90. The third kappa shape index (κ3) is 6.28. The molecule has 2 heterocycles. The molecule has 3 aromatic carbocycles. The van der Waals surface area contributed by atoms with Crippen molar-refractivity contribution in [1.29, 1.82) is 0 Å². The first-order valence-electron chi connectivity index (χ1n) is 12.9. The van der Waals surface area contributed by atoms with Gasteiger partial charge in [-0.15, -0.1) is 0 Å². The van der Waals surface area contributed by atoms with E-state index in [1.54, 1.807) is 19.1 Å². The van der Waals surface area contributed by atoms with Gasteiger partial charge in [-0.1, -0.05) is 29.8 Å². The molecule has 0 spiro atoms. The molecule has 1 fully saturated rings. The smallest absolute Gasteiger partial charge is 0.264 e. The van der Waals surface area contributed by atoms with Crippen LogP contribution in [-0.4, -0.2) is 50.4 Å². The number of nitrogens with zero attached hydrogens (tertiary/aromatic N) is 3.